The van der Waals surface area contributed by atoms with Crippen molar-refractivity contribution in [2.45, 2.75) is 6.92 Å². The first-order valence-corrected chi connectivity index (χ1v) is 5.92. The van der Waals surface area contributed by atoms with Gasteiger partial charge in [-0.15, -0.1) is 0 Å². The molecule has 19 heavy (non-hydrogen) atoms. The van der Waals surface area contributed by atoms with Gasteiger partial charge in [0.25, 0.3) is 5.91 Å². The summed E-state index contributed by atoms with van der Waals surface area (Å²) in [7, 11) is 0. The topological polar surface area (TPSA) is 71.2 Å². The molecule has 1 heterocycles. The van der Waals surface area contributed by atoms with E-state index >= 15 is 0 Å². The zero-order chi connectivity index (χ0) is 13.7. The van der Waals surface area contributed by atoms with Gasteiger partial charge in [0.1, 0.15) is 11.3 Å². The molecule has 0 radical (unpaired) electrons. The van der Waals surface area contributed by atoms with Crippen LogP contribution in [0.4, 0.5) is 5.69 Å². The molecule has 2 rings (SSSR count). The van der Waals surface area contributed by atoms with Gasteiger partial charge in [0, 0.05) is 18.5 Å². The van der Waals surface area contributed by atoms with Crippen LogP contribution in [0.1, 0.15) is 17.3 Å². The van der Waals surface area contributed by atoms with E-state index in [1.165, 1.54) is 18.5 Å². The molecule has 0 aliphatic rings. The molecular formula is C14H14N2O3. The molecule has 2 N–H and O–H groups in total. The van der Waals surface area contributed by atoms with Crippen molar-refractivity contribution >= 4 is 11.6 Å². The Hall–Kier alpha value is -2.56. The molecular weight excluding hydrogens is 244 g/mol. The number of aromatic nitrogens is 1. The third-order valence-electron chi connectivity index (χ3n) is 2.50. The minimum atomic E-state index is -0.464. The van der Waals surface area contributed by atoms with Gasteiger partial charge < -0.3 is 15.0 Å². The maximum Gasteiger partial charge on any atom is 0.261 e. The van der Waals surface area contributed by atoms with Crippen LogP contribution in [0.2, 0.25) is 0 Å². The summed E-state index contributed by atoms with van der Waals surface area (Å²) in [4.78, 5) is 26.3. The third kappa shape index (κ3) is 3.01. The fourth-order valence-corrected chi connectivity index (χ4v) is 1.63. The first kappa shape index (κ1) is 12.9. The molecule has 5 nitrogen and oxygen atoms in total. The lowest BCUT2D eigenvalue weighted by Gasteiger charge is -2.10. The molecule has 98 valence electrons. The van der Waals surface area contributed by atoms with Crippen molar-refractivity contribution < 1.29 is 9.53 Å². The second-order valence-electron chi connectivity index (χ2n) is 3.81. The highest BCUT2D eigenvalue weighted by atomic mass is 16.5. The fourth-order valence-electron chi connectivity index (χ4n) is 1.63. The van der Waals surface area contributed by atoms with Crippen molar-refractivity contribution in [1.29, 1.82) is 0 Å². The van der Waals surface area contributed by atoms with Crippen LogP contribution in [-0.2, 0) is 0 Å². The minimum Gasteiger partial charge on any atom is -0.492 e. The van der Waals surface area contributed by atoms with Crippen molar-refractivity contribution in [3.05, 3.63) is 58.5 Å². The lowest BCUT2D eigenvalue weighted by atomic mass is 10.2. The number of hydrogen-bond acceptors (Lipinski definition) is 3. The number of hydrogen-bond donors (Lipinski definition) is 2. The van der Waals surface area contributed by atoms with E-state index in [9.17, 15) is 9.59 Å². The number of ether oxygens (including phenoxy) is 1. The second-order valence-corrected chi connectivity index (χ2v) is 3.81. The zero-order valence-corrected chi connectivity index (χ0v) is 10.5. The molecule has 0 saturated heterocycles. The summed E-state index contributed by atoms with van der Waals surface area (Å²) in [6.45, 7) is 2.36. The average molecular weight is 258 g/mol. The van der Waals surface area contributed by atoms with E-state index in [0.717, 1.165) is 0 Å². The molecule has 0 atom stereocenters. The fraction of sp³-hybridized carbons (Fsp3) is 0.143. The van der Waals surface area contributed by atoms with Gasteiger partial charge in [0.2, 0.25) is 0 Å². The summed E-state index contributed by atoms with van der Waals surface area (Å²) in [6, 6.07) is 8.39. The van der Waals surface area contributed by atoms with E-state index in [-0.39, 0.29) is 11.0 Å². The lowest BCUT2D eigenvalue weighted by molar-refractivity contribution is 0.102. The van der Waals surface area contributed by atoms with Crippen molar-refractivity contribution in [2.75, 3.05) is 11.9 Å². The van der Waals surface area contributed by atoms with Crippen LogP contribution in [0.15, 0.2) is 47.5 Å². The number of aromatic amines is 1. The zero-order valence-electron chi connectivity index (χ0n) is 10.5. The van der Waals surface area contributed by atoms with Gasteiger partial charge in [-0.3, -0.25) is 9.59 Å². The Morgan fingerprint density at radius 3 is 2.84 bits per heavy atom. The maximum absolute atomic E-state index is 12.0. The van der Waals surface area contributed by atoms with Crippen molar-refractivity contribution in [2.24, 2.45) is 0 Å². The van der Waals surface area contributed by atoms with Crippen LogP contribution >= 0.6 is 0 Å². The van der Waals surface area contributed by atoms with Gasteiger partial charge in [-0.05, 0) is 19.1 Å². The summed E-state index contributed by atoms with van der Waals surface area (Å²) in [5.41, 5.74) is 0.275. The van der Waals surface area contributed by atoms with E-state index in [4.69, 9.17) is 4.74 Å². The summed E-state index contributed by atoms with van der Waals surface area (Å²) >= 11 is 0. The molecule has 1 amide bonds. The SMILES string of the molecule is CCOc1ccccc1NC(=O)c1c[nH]ccc1=O. The Bertz CT molecular complexity index is 634. The largest absolute Gasteiger partial charge is 0.492 e. The summed E-state index contributed by atoms with van der Waals surface area (Å²) < 4.78 is 5.40. The van der Waals surface area contributed by atoms with Crippen molar-refractivity contribution in [1.82, 2.24) is 4.98 Å². The summed E-state index contributed by atoms with van der Waals surface area (Å²) in [5.74, 6) is 0.111. The van der Waals surface area contributed by atoms with Crippen LogP contribution in [0.5, 0.6) is 5.75 Å². The Labute approximate surface area is 110 Å². The first-order chi connectivity index (χ1) is 9.22. The predicted octanol–water partition coefficient (Wildman–Crippen LogP) is 2.03. The van der Waals surface area contributed by atoms with Gasteiger partial charge >= 0.3 is 0 Å². The number of rotatable bonds is 4. The highest BCUT2D eigenvalue weighted by molar-refractivity contribution is 6.04. The van der Waals surface area contributed by atoms with E-state index in [1.54, 1.807) is 18.2 Å². The molecule has 0 unspecified atom stereocenters. The second kappa shape index (κ2) is 5.86. The standard InChI is InChI=1S/C14H14N2O3/c1-2-19-13-6-4-3-5-11(13)16-14(18)10-9-15-8-7-12(10)17/h3-9H,2H2,1H3,(H,15,17)(H,16,18). The Balaban J connectivity index is 2.25. The molecule has 1 aromatic heterocycles. The number of pyridine rings is 1. The van der Waals surface area contributed by atoms with Gasteiger partial charge in [-0.25, -0.2) is 0 Å². The Morgan fingerprint density at radius 1 is 1.32 bits per heavy atom. The molecule has 0 aliphatic heterocycles. The van der Waals surface area contributed by atoms with Crippen LogP contribution in [-0.4, -0.2) is 17.5 Å². The van der Waals surface area contributed by atoms with Crippen LogP contribution in [0.25, 0.3) is 0 Å². The van der Waals surface area contributed by atoms with Crippen LogP contribution in [0, 0.1) is 0 Å². The van der Waals surface area contributed by atoms with Gasteiger partial charge in [0.15, 0.2) is 5.43 Å². The Morgan fingerprint density at radius 2 is 2.11 bits per heavy atom. The van der Waals surface area contributed by atoms with Crippen LogP contribution in [0.3, 0.4) is 0 Å². The number of para-hydroxylation sites is 2. The molecule has 0 bridgehead atoms. The number of H-pyrrole nitrogens is 1. The van der Waals surface area contributed by atoms with E-state index in [1.807, 2.05) is 13.0 Å². The van der Waals surface area contributed by atoms with Crippen LogP contribution < -0.4 is 15.5 Å². The average Bonchev–Trinajstić information content (AvgIpc) is 2.41. The molecule has 0 fully saturated rings. The number of benzene rings is 1. The van der Waals surface area contributed by atoms with E-state index in [0.29, 0.717) is 18.0 Å². The number of anilines is 1. The maximum atomic E-state index is 12.0. The molecule has 1 aromatic carbocycles. The lowest BCUT2D eigenvalue weighted by Crippen LogP contribution is -2.21. The third-order valence-corrected chi connectivity index (χ3v) is 2.50. The number of nitrogens with one attached hydrogen (secondary N) is 2. The normalized spacial score (nSPS) is 9.95. The Kier molecular flexibility index (Phi) is 3.97. The quantitative estimate of drug-likeness (QED) is 0.881. The molecule has 0 saturated carbocycles. The summed E-state index contributed by atoms with van der Waals surface area (Å²) in [6.07, 6.45) is 2.86. The number of carbonyl (C=O) groups is 1. The highest BCUT2D eigenvalue weighted by Gasteiger charge is 2.12. The molecule has 0 aliphatic carbocycles. The number of amides is 1. The molecule has 2 aromatic rings. The monoisotopic (exact) mass is 258 g/mol. The van der Waals surface area contributed by atoms with Crippen molar-refractivity contribution in [3.8, 4) is 5.75 Å². The van der Waals surface area contributed by atoms with E-state index in [2.05, 4.69) is 10.3 Å². The van der Waals surface area contributed by atoms with E-state index < -0.39 is 5.91 Å². The predicted molar refractivity (Wildman–Crippen MR) is 72.6 cm³/mol. The smallest absolute Gasteiger partial charge is 0.261 e. The van der Waals surface area contributed by atoms with Gasteiger partial charge in [0.05, 0.1) is 12.3 Å². The molecule has 0 spiro atoms. The highest BCUT2D eigenvalue weighted by Crippen LogP contribution is 2.23. The van der Waals surface area contributed by atoms with Crippen molar-refractivity contribution in [3.63, 3.8) is 0 Å². The van der Waals surface area contributed by atoms with Gasteiger partial charge in [-0.2, -0.15) is 0 Å². The molecule has 5 heteroatoms. The number of carbonyl (C=O) groups excluding carboxylic acids is 1. The first-order valence-electron chi connectivity index (χ1n) is 5.92. The minimum absolute atomic E-state index is 0.0637. The van der Waals surface area contributed by atoms with Gasteiger partial charge in [-0.1, -0.05) is 12.1 Å². The summed E-state index contributed by atoms with van der Waals surface area (Å²) in [5, 5.41) is 2.67.